The maximum Gasteiger partial charge on any atom is 0.255 e. The van der Waals surface area contributed by atoms with E-state index in [-0.39, 0.29) is 22.4 Å². The molecule has 0 aliphatic heterocycles. The van der Waals surface area contributed by atoms with Crippen LogP contribution in [0.2, 0.25) is 0 Å². The van der Waals surface area contributed by atoms with Crippen molar-refractivity contribution in [3.63, 3.8) is 0 Å². The van der Waals surface area contributed by atoms with Crippen molar-refractivity contribution in [3.8, 4) is 0 Å². The standard InChI is InChI=1S/C21H27N3O4S/c1-14(2)24-29(27,28)16-10-8-9-15(13-16)19(25)22-18-12-7-6-11-17(18)20(26)23-21(3,4)5/h6-14,24H,1-5H3,(H,22,25)(H,23,26). The molecule has 0 aliphatic carbocycles. The van der Waals surface area contributed by atoms with Crippen LogP contribution in [0.3, 0.4) is 0 Å². The molecule has 2 rings (SSSR count). The molecule has 7 nitrogen and oxygen atoms in total. The minimum absolute atomic E-state index is 0.00221. The first-order valence-electron chi connectivity index (χ1n) is 9.24. The SMILES string of the molecule is CC(C)NS(=O)(=O)c1cccc(C(=O)Nc2ccccc2C(=O)NC(C)(C)C)c1. The van der Waals surface area contributed by atoms with Crippen LogP contribution in [0, 0.1) is 0 Å². The number of carbonyl (C=O) groups excluding carboxylic acids is 2. The average Bonchev–Trinajstić information content (AvgIpc) is 2.59. The molecular weight excluding hydrogens is 390 g/mol. The van der Waals surface area contributed by atoms with Gasteiger partial charge in [-0.3, -0.25) is 9.59 Å². The monoisotopic (exact) mass is 417 g/mol. The van der Waals surface area contributed by atoms with Gasteiger partial charge in [0.1, 0.15) is 0 Å². The summed E-state index contributed by atoms with van der Waals surface area (Å²) >= 11 is 0. The van der Waals surface area contributed by atoms with Gasteiger partial charge in [-0.05, 0) is 65.0 Å². The highest BCUT2D eigenvalue weighted by Crippen LogP contribution is 2.19. The van der Waals surface area contributed by atoms with Gasteiger partial charge in [-0.15, -0.1) is 0 Å². The fourth-order valence-corrected chi connectivity index (χ4v) is 3.87. The van der Waals surface area contributed by atoms with Crippen LogP contribution < -0.4 is 15.4 Å². The summed E-state index contributed by atoms with van der Waals surface area (Å²) in [5.74, 6) is -0.825. The van der Waals surface area contributed by atoms with Crippen molar-refractivity contribution >= 4 is 27.5 Å². The lowest BCUT2D eigenvalue weighted by Crippen LogP contribution is -2.40. The fraction of sp³-hybridized carbons (Fsp3) is 0.333. The number of rotatable bonds is 6. The second-order valence-corrected chi connectivity index (χ2v) is 9.72. The van der Waals surface area contributed by atoms with E-state index in [2.05, 4.69) is 15.4 Å². The molecule has 0 spiro atoms. The zero-order valence-corrected chi connectivity index (χ0v) is 18.1. The normalized spacial score (nSPS) is 11.9. The van der Waals surface area contributed by atoms with Crippen LogP contribution in [-0.2, 0) is 10.0 Å². The van der Waals surface area contributed by atoms with E-state index < -0.39 is 21.5 Å². The van der Waals surface area contributed by atoms with Crippen molar-refractivity contribution in [2.24, 2.45) is 0 Å². The van der Waals surface area contributed by atoms with E-state index in [1.54, 1.807) is 38.1 Å². The predicted octanol–water partition coefficient (Wildman–Crippen LogP) is 3.15. The van der Waals surface area contributed by atoms with E-state index in [9.17, 15) is 18.0 Å². The third kappa shape index (κ3) is 6.40. The predicted molar refractivity (Wildman–Crippen MR) is 114 cm³/mol. The van der Waals surface area contributed by atoms with Gasteiger partial charge in [0.2, 0.25) is 10.0 Å². The topological polar surface area (TPSA) is 104 Å². The van der Waals surface area contributed by atoms with E-state index in [0.29, 0.717) is 11.3 Å². The zero-order valence-electron chi connectivity index (χ0n) is 17.2. The third-order valence-electron chi connectivity index (χ3n) is 3.71. The van der Waals surface area contributed by atoms with E-state index in [4.69, 9.17) is 0 Å². The molecule has 0 fully saturated rings. The molecule has 0 aromatic heterocycles. The summed E-state index contributed by atoms with van der Waals surface area (Å²) in [6.07, 6.45) is 0. The lowest BCUT2D eigenvalue weighted by atomic mass is 10.1. The smallest absolute Gasteiger partial charge is 0.255 e. The van der Waals surface area contributed by atoms with Gasteiger partial charge in [0.05, 0.1) is 16.1 Å². The molecule has 2 aromatic rings. The number of amides is 2. The largest absolute Gasteiger partial charge is 0.347 e. The lowest BCUT2D eigenvalue weighted by molar-refractivity contribution is 0.0920. The second-order valence-electron chi connectivity index (χ2n) is 8.01. The first kappa shape index (κ1) is 22.6. The van der Waals surface area contributed by atoms with Crippen molar-refractivity contribution in [1.82, 2.24) is 10.0 Å². The van der Waals surface area contributed by atoms with Gasteiger partial charge >= 0.3 is 0 Å². The van der Waals surface area contributed by atoms with Gasteiger partial charge < -0.3 is 10.6 Å². The molecule has 0 unspecified atom stereocenters. The Hall–Kier alpha value is -2.71. The summed E-state index contributed by atoms with van der Waals surface area (Å²) < 4.78 is 27.2. The number of hydrogen-bond donors (Lipinski definition) is 3. The number of nitrogens with one attached hydrogen (secondary N) is 3. The van der Waals surface area contributed by atoms with Crippen LogP contribution in [0.15, 0.2) is 53.4 Å². The molecule has 156 valence electrons. The Morgan fingerprint density at radius 3 is 2.21 bits per heavy atom. The first-order valence-corrected chi connectivity index (χ1v) is 10.7. The van der Waals surface area contributed by atoms with Gasteiger partial charge in [0.15, 0.2) is 0 Å². The van der Waals surface area contributed by atoms with Gasteiger partial charge in [-0.2, -0.15) is 0 Å². The summed E-state index contributed by atoms with van der Waals surface area (Å²) in [5, 5.41) is 5.56. The van der Waals surface area contributed by atoms with Crippen molar-refractivity contribution < 1.29 is 18.0 Å². The van der Waals surface area contributed by atoms with Gasteiger partial charge in [-0.25, -0.2) is 13.1 Å². The lowest BCUT2D eigenvalue weighted by Gasteiger charge is -2.21. The van der Waals surface area contributed by atoms with Crippen LogP contribution >= 0.6 is 0 Å². The Bertz CT molecular complexity index is 1010. The van der Waals surface area contributed by atoms with Crippen molar-refractivity contribution in [2.75, 3.05) is 5.32 Å². The Morgan fingerprint density at radius 2 is 1.59 bits per heavy atom. The second kappa shape index (κ2) is 8.75. The molecule has 0 heterocycles. The van der Waals surface area contributed by atoms with Crippen molar-refractivity contribution in [1.29, 1.82) is 0 Å². The molecule has 0 aliphatic rings. The Morgan fingerprint density at radius 1 is 0.931 bits per heavy atom. The highest BCUT2D eigenvalue weighted by molar-refractivity contribution is 7.89. The fourth-order valence-electron chi connectivity index (χ4n) is 2.58. The van der Waals surface area contributed by atoms with Gasteiger partial charge in [0.25, 0.3) is 11.8 Å². The molecule has 29 heavy (non-hydrogen) atoms. The highest BCUT2D eigenvalue weighted by atomic mass is 32.2. The number of hydrogen-bond acceptors (Lipinski definition) is 4. The van der Waals surface area contributed by atoms with Crippen LogP contribution in [0.1, 0.15) is 55.3 Å². The number of benzene rings is 2. The van der Waals surface area contributed by atoms with E-state index in [0.717, 1.165) is 0 Å². The number of anilines is 1. The molecule has 2 aromatic carbocycles. The Kier molecular flexibility index (Phi) is 6.81. The zero-order chi connectivity index (χ0) is 21.8. The van der Waals surface area contributed by atoms with E-state index in [1.807, 2.05) is 20.8 Å². The molecule has 0 saturated heterocycles. The van der Waals surface area contributed by atoms with Crippen LogP contribution in [-0.4, -0.2) is 31.8 Å². The Balaban J connectivity index is 2.28. The molecule has 3 N–H and O–H groups in total. The molecule has 0 radical (unpaired) electrons. The number of sulfonamides is 1. The van der Waals surface area contributed by atoms with Crippen LogP contribution in [0.5, 0.6) is 0 Å². The summed E-state index contributed by atoms with van der Waals surface area (Å²) in [5.41, 5.74) is 0.400. The minimum Gasteiger partial charge on any atom is -0.347 e. The molecule has 0 saturated carbocycles. The van der Waals surface area contributed by atoms with Gasteiger partial charge in [0, 0.05) is 17.1 Å². The minimum atomic E-state index is -3.72. The summed E-state index contributed by atoms with van der Waals surface area (Å²) in [6, 6.07) is 12.1. The van der Waals surface area contributed by atoms with Crippen molar-refractivity contribution in [2.45, 2.75) is 51.1 Å². The molecule has 0 atom stereocenters. The Labute approximate surface area is 172 Å². The van der Waals surface area contributed by atoms with Crippen molar-refractivity contribution in [3.05, 3.63) is 59.7 Å². The third-order valence-corrected chi connectivity index (χ3v) is 5.36. The first-order chi connectivity index (χ1) is 13.4. The number of para-hydroxylation sites is 1. The summed E-state index contributed by atoms with van der Waals surface area (Å²) in [4.78, 5) is 25.3. The van der Waals surface area contributed by atoms with Crippen LogP contribution in [0.25, 0.3) is 0 Å². The summed E-state index contributed by atoms with van der Waals surface area (Å²) in [7, 11) is -3.72. The van der Waals surface area contributed by atoms with Crippen LogP contribution in [0.4, 0.5) is 5.69 Å². The number of carbonyl (C=O) groups is 2. The summed E-state index contributed by atoms with van der Waals surface area (Å²) in [6.45, 7) is 9.02. The molecule has 0 bridgehead atoms. The average molecular weight is 418 g/mol. The molecule has 8 heteroatoms. The maximum atomic E-state index is 12.7. The van der Waals surface area contributed by atoms with Gasteiger partial charge in [-0.1, -0.05) is 18.2 Å². The highest BCUT2D eigenvalue weighted by Gasteiger charge is 2.20. The molecular formula is C21H27N3O4S. The quantitative estimate of drug-likeness (QED) is 0.671. The van der Waals surface area contributed by atoms with E-state index >= 15 is 0 Å². The van der Waals surface area contributed by atoms with E-state index in [1.165, 1.54) is 24.3 Å². The maximum absolute atomic E-state index is 12.7. The molecule has 2 amide bonds.